The Morgan fingerprint density at radius 2 is 2.50 bits per heavy atom. The van der Waals surface area contributed by atoms with Gasteiger partial charge in [-0.15, -0.1) is 0 Å². The van der Waals surface area contributed by atoms with Gasteiger partial charge in [0.25, 0.3) is 0 Å². The van der Waals surface area contributed by atoms with E-state index in [2.05, 4.69) is 17.1 Å². The van der Waals surface area contributed by atoms with Crippen molar-refractivity contribution in [3.8, 4) is 0 Å². The first-order valence-electron chi connectivity index (χ1n) is 2.87. The van der Waals surface area contributed by atoms with Crippen LogP contribution in [0.1, 0.15) is 6.42 Å². The Morgan fingerprint density at radius 1 is 1.62 bits per heavy atom. The van der Waals surface area contributed by atoms with Crippen LogP contribution >= 0.6 is 0 Å². The van der Waals surface area contributed by atoms with Crippen molar-refractivity contribution in [3.63, 3.8) is 0 Å². The molecule has 0 spiro atoms. The van der Waals surface area contributed by atoms with Gasteiger partial charge in [0.05, 0.1) is 11.9 Å². The largest absolute Gasteiger partial charge is 0.387 e. The number of aliphatic imine (C=N–C) groups is 1. The minimum Gasteiger partial charge on any atom is -0.387 e. The van der Waals surface area contributed by atoms with Gasteiger partial charge in [0.2, 0.25) is 0 Å². The van der Waals surface area contributed by atoms with E-state index >= 15 is 0 Å². The highest BCUT2D eigenvalue weighted by Crippen LogP contribution is 2.29. The van der Waals surface area contributed by atoms with Crippen LogP contribution < -0.4 is 5.73 Å². The lowest BCUT2D eigenvalue weighted by molar-refractivity contribution is 0.586. The average molecular weight is 108 g/mol. The first-order valence-corrected chi connectivity index (χ1v) is 2.87. The van der Waals surface area contributed by atoms with Crippen LogP contribution in [0.25, 0.3) is 0 Å². The summed E-state index contributed by atoms with van der Waals surface area (Å²) in [5.41, 5.74) is 5.47. The molecule has 2 heteroatoms. The van der Waals surface area contributed by atoms with Crippen molar-refractivity contribution in [2.45, 2.75) is 12.5 Å². The molecule has 2 aliphatic rings. The van der Waals surface area contributed by atoms with Gasteiger partial charge in [0, 0.05) is 12.3 Å². The first-order chi connectivity index (χ1) is 3.86. The SMILES string of the molecule is NC1=N[C@H]2C=C[C@@H]2C1. The molecule has 2 rings (SSSR count). The Hall–Kier alpha value is -0.790. The first kappa shape index (κ1) is 4.13. The van der Waals surface area contributed by atoms with Gasteiger partial charge in [0.15, 0.2) is 0 Å². The molecule has 1 aliphatic carbocycles. The summed E-state index contributed by atoms with van der Waals surface area (Å²) in [5, 5.41) is 0. The summed E-state index contributed by atoms with van der Waals surface area (Å²) in [6.07, 6.45) is 5.26. The average Bonchev–Trinajstić information content (AvgIpc) is 1.91. The van der Waals surface area contributed by atoms with Crippen LogP contribution in [0.5, 0.6) is 0 Å². The second-order valence-electron chi connectivity index (χ2n) is 2.36. The number of hydrogen-bond acceptors (Lipinski definition) is 2. The summed E-state index contributed by atoms with van der Waals surface area (Å²) in [6.45, 7) is 0. The fraction of sp³-hybridized carbons (Fsp3) is 0.500. The topological polar surface area (TPSA) is 38.4 Å². The minimum atomic E-state index is 0.454. The molecule has 42 valence electrons. The fourth-order valence-corrected chi connectivity index (χ4v) is 1.18. The normalized spacial score (nSPS) is 40.8. The van der Waals surface area contributed by atoms with Crippen molar-refractivity contribution >= 4 is 5.84 Å². The van der Waals surface area contributed by atoms with Crippen LogP contribution in [0.15, 0.2) is 17.1 Å². The van der Waals surface area contributed by atoms with E-state index in [-0.39, 0.29) is 0 Å². The molecule has 0 saturated carbocycles. The highest BCUT2D eigenvalue weighted by atomic mass is 14.9. The quantitative estimate of drug-likeness (QED) is 0.445. The van der Waals surface area contributed by atoms with Crippen molar-refractivity contribution in [1.82, 2.24) is 0 Å². The molecule has 2 nitrogen and oxygen atoms in total. The van der Waals surface area contributed by atoms with E-state index in [9.17, 15) is 0 Å². The predicted octanol–water partition coefficient (Wildman–Crippen LogP) is 0.302. The van der Waals surface area contributed by atoms with Crippen LogP contribution in [-0.2, 0) is 0 Å². The highest BCUT2D eigenvalue weighted by Gasteiger charge is 2.29. The molecule has 0 aromatic rings. The lowest BCUT2D eigenvalue weighted by Gasteiger charge is -2.17. The van der Waals surface area contributed by atoms with Crippen molar-refractivity contribution in [2.24, 2.45) is 16.6 Å². The van der Waals surface area contributed by atoms with Gasteiger partial charge in [-0.25, -0.2) is 0 Å². The predicted molar refractivity (Wildman–Crippen MR) is 32.7 cm³/mol. The molecule has 2 N–H and O–H groups in total. The zero-order valence-corrected chi connectivity index (χ0v) is 4.54. The second-order valence-corrected chi connectivity index (χ2v) is 2.36. The van der Waals surface area contributed by atoms with Crippen molar-refractivity contribution in [3.05, 3.63) is 12.2 Å². The fourth-order valence-electron chi connectivity index (χ4n) is 1.18. The van der Waals surface area contributed by atoms with Crippen LogP contribution in [0.4, 0.5) is 0 Å². The molecule has 0 radical (unpaired) electrons. The third kappa shape index (κ3) is 0.351. The van der Waals surface area contributed by atoms with E-state index in [1.165, 1.54) is 0 Å². The van der Waals surface area contributed by atoms with Gasteiger partial charge in [-0.3, -0.25) is 4.99 Å². The van der Waals surface area contributed by atoms with Crippen LogP contribution in [0, 0.1) is 5.92 Å². The summed E-state index contributed by atoms with van der Waals surface area (Å²) >= 11 is 0. The summed E-state index contributed by atoms with van der Waals surface area (Å²) in [4.78, 5) is 4.16. The zero-order valence-electron chi connectivity index (χ0n) is 4.54. The Balaban J connectivity index is 2.24. The molecular weight excluding hydrogens is 100 g/mol. The monoisotopic (exact) mass is 108 g/mol. The molecule has 1 aliphatic heterocycles. The molecule has 0 fully saturated rings. The Kier molecular flexibility index (Phi) is 0.583. The molecule has 0 amide bonds. The zero-order chi connectivity index (χ0) is 5.56. The Labute approximate surface area is 48.1 Å². The summed E-state index contributed by atoms with van der Waals surface area (Å²) < 4.78 is 0. The van der Waals surface area contributed by atoms with Crippen LogP contribution in [0.3, 0.4) is 0 Å². The molecule has 0 aromatic carbocycles. The number of rotatable bonds is 0. The minimum absolute atomic E-state index is 0.454. The van der Waals surface area contributed by atoms with Crippen molar-refractivity contribution in [2.75, 3.05) is 0 Å². The molecule has 1 heterocycles. The number of amidine groups is 1. The maximum absolute atomic E-state index is 5.47. The number of hydrogen-bond donors (Lipinski definition) is 1. The third-order valence-electron chi connectivity index (χ3n) is 1.75. The van der Waals surface area contributed by atoms with Gasteiger partial charge >= 0.3 is 0 Å². The van der Waals surface area contributed by atoms with Gasteiger partial charge in [-0.05, 0) is 0 Å². The van der Waals surface area contributed by atoms with E-state index in [1.54, 1.807) is 0 Å². The van der Waals surface area contributed by atoms with E-state index in [4.69, 9.17) is 5.73 Å². The maximum atomic E-state index is 5.47. The molecule has 0 bridgehead atoms. The summed E-state index contributed by atoms with van der Waals surface area (Å²) in [5.74, 6) is 1.49. The lowest BCUT2D eigenvalue weighted by Crippen LogP contribution is -2.17. The number of nitrogens with two attached hydrogens (primary N) is 1. The standard InChI is InChI=1S/C6H8N2/c7-6-3-4-1-2-5(4)8-6/h1-2,4-5H,3H2,(H2,7,8)/t4-,5+/m1/s1. The molecule has 2 atom stereocenters. The molecule has 0 aromatic heterocycles. The molecular formula is C6H8N2. The summed E-state index contributed by atoms with van der Waals surface area (Å²) in [6, 6.07) is 0.454. The van der Waals surface area contributed by atoms with Crippen molar-refractivity contribution in [1.29, 1.82) is 0 Å². The number of fused-ring (bicyclic) bond motifs is 1. The third-order valence-corrected chi connectivity index (χ3v) is 1.75. The summed E-state index contributed by atoms with van der Waals surface area (Å²) in [7, 11) is 0. The molecule has 8 heavy (non-hydrogen) atoms. The lowest BCUT2D eigenvalue weighted by atomic mass is 9.89. The van der Waals surface area contributed by atoms with E-state index < -0.39 is 0 Å². The molecule has 0 unspecified atom stereocenters. The van der Waals surface area contributed by atoms with Crippen LogP contribution in [-0.4, -0.2) is 11.9 Å². The van der Waals surface area contributed by atoms with E-state index in [0.717, 1.165) is 12.3 Å². The van der Waals surface area contributed by atoms with Gasteiger partial charge in [-0.2, -0.15) is 0 Å². The van der Waals surface area contributed by atoms with Gasteiger partial charge in [0.1, 0.15) is 0 Å². The maximum Gasteiger partial charge on any atom is 0.0951 e. The Bertz CT molecular complexity index is 169. The smallest absolute Gasteiger partial charge is 0.0951 e. The van der Waals surface area contributed by atoms with E-state index in [0.29, 0.717) is 12.0 Å². The number of nitrogens with zero attached hydrogens (tertiary/aromatic N) is 1. The van der Waals surface area contributed by atoms with Crippen LogP contribution in [0.2, 0.25) is 0 Å². The van der Waals surface area contributed by atoms with Crippen molar-refractivity contribution < 1.29 is 0 Å². The van der Waals surface area contributed by atoms with Gasteiger partial charge in [-0.1, -0.05) is 12.2 Å². The Morgan fingerprint density at radius 3 is 2.75 bits per heavy atom. The second kappa shape index (κ2) is 1.13. The highest BCUT2D eigenvalue weighted by molar-refractivity contribution is 5.83. The van der Waals surface area contributed by atoms with Gasteiger partial charge < -0.3 is 5.73 Å². The van der Waals surface area contributed by atoms with E-state index in [1.807, 2.05) is 0 Å². The molecule has 0 saturated heterocycles.